The minimum Gasteiger partial charge on any atom is -0.337 e. The molecule has 1 aliphatic heterocycles. The molecule has 0 spiro atoms. The highest BCUT2D eigenvalue weighted by atomic mass is 16.2. The van der Waals surface area contributed by atoms with E-state index in [2.05, 4.69) is 28.7 Å². The molecule has 2 aliphatic rings. The van der Waals surface area contributed by atoms with Crippen molar-refractivity contribution in [2.24, 2.45) is 11.8 Å². The smallest absolute Gasteiger partial charge is 0.256 e. The van der Waals surface area contributed by atoms with Crippen LogP contribution in [0.3, 0.4) is 0 Å². The minimum atomic E-state index is 0.0926. The van der Waals surface area contributed by atoms with Crippen LogP contribution in [0.4, 0.5) is 0 Å². The van der Waals surface area contributed by atoms with Crippen LogP contribution < -0.4 is 0 Å². The van der Waals surface area contributed by atoms with Crippen LogP contribution in [0.2, 0.25) is 0 Å². The maximum absolute atomic E-state index is 13.3. The van der Waals surface area contributed by atoms with E-state index in [0.717, 1.165) is 37.5 Å². The molecule has 138 valence electrons. The topological polar surface area (TPSA) is 49.3 Å². The van der Waals surface area contributed by atoms with Gasteiger partial charge in [0.15, 0.2) is 0 Å². The fraction of sp³-hybridized carbons (Fsp3) is 0.571. The molecule has 1 saturated heterocycles. The summed E-state index contributed by atoms with van der Waals surface area (Å²) in [7, 11) is 0. The third kappa shape index (κ3) is 3.58. The largest absolute Gasteiger partial charge is 0.337 e. The zero-order chi connectivity index (χ0) is 18.1. The Labute approximate surface area is 155 Å². The maximum Gasteiger partial charge on any atom is 0.256 e. The van der Waals surface area contributed by atoms with Crippen LogP contribution >= 0.6 is 0 Å². The molecule has 2 fully saturated rings. The van der Waals surface area contributed by atoms with E-state index in [0.29, 0.717) is 23.0 Å². The van der Waals surface area contributed by atoms with Crippen LogP contribution in [0.25, 0.3) is 11.0 Å². The Morgan fingerprint density at radius 2 is 2.00 bits per heavy atom. The van der Waals surface area contributed by atoms with Crippen molar-refractivity contribution in [2.75, 3.05) is 26.2 Å². The van der Waals surface area contributed by atoms with Crippen LogP contribution in [-0.4, -0.2) is 57.9 Å². The third-order valence-corrected chi connectivity index (χ3v) is 5.73. The van der Waals surface area contributed by atoms with Gasteiger partial charge in [-0.05, 0) is 43.2 Å². The van der Waals surface area contributed by atoms with E-state index in [1.165, 1.54) is 19.4 Å². The lowest BCUT2D eigenvalue weighted by atomic mass is 10.0. The highest BCUT2D eigenvalue weighted by Crippen LogP contribution is 2.32. The van der Waals surface area contributed by atoms with E-state index in [4.69, 9.17) is 0 Å². The summed E-state index contributed by atoms with van der Waals surface area (Å²) in [5, 5.41) is 0. The minimum absolute atomic E-state index is 0.0926. The number of hydrogen-bond acceptors (Lipinski definition) is 4. The zero-order valence-corrected chi connectivity index (χ0v) is 15.8. The molecular weight excluding hydrogens is 324 g/mol. The van der Waals surface area contributed by atoms with Gasteiger partial charge in [-0.1, -0.05) is 19.9 Å². The van der Waals surface area contributed by atoms with Crippen molar-refractivity contribution in [3.05, 3.63) is 36.2 Å². The Balaban J connectivity index is 1.58. The summed E-state index contributed by atoms with van der Waals surface area (Å²) in [6.07, 6.45) is 7.12. The number of fused-ring (bicyclic) bond motifs is 1. The molecule has 2 aromatic rings. The lowest BCUT2D eigenvalue weighted by Gasteiger charge is -2.34. The predicted octanol–water partition coefficient (Wildman–Crippen LogP) is 3.21. The second kappa shape index (κ2) is 7.31. The fourth-order valence-corrected chi connectivity index (χ4v) is 4.07. The SMILES string of the molecule is CC(C)[C@H]1CN(C(=O)c2cccc3nccnc23)CCCN1CC1CC1. The summed E-state index contributed by atoms with van der Waals surface area (Å²) < 4.78 is 0. The molecular formula is C21H28N4O. The predicted molar refractivity (Wildman–Crippen MR) is 103 cm³/mol. The molecule has 5 nitrogen and oxygen atoms in total. The van der Waals surface area contributed by atoms with Crippen molar-refractivity contribution in [2.45, 2.75) is 39.2 Å². The van der Waals surface area contributed by atoms with Crippen LogP contribution in [0, 0.1) is 11.8 Å². The maximum atomic E-state index is 13.3. The Hall–Kier alpha value is -2.01. The van der Waals surface area contributed by atoms with E-state index in [1.807, 2.05) is 23.1 Å². The van der Waals surface area contributed by atoms with Gasteiger partial charge in [0.25, 0.3) is 5.91 Å². The summed E-state index contributed by atoms with van der Waals surface area (Å²) in [5.74, 6) is 1.51. The Bertz CT molecular complexity index is 781. The number of para-hydroxylation sites is 1. The van der Waals surface area contributed by atoms with Crippen molar-refractivity contribution in [1.82, 2.24) is 19.8 Å². The first-order valence-electron chi connectivity index (χ1n) is 9.86. The first kappa shape index (κ1) is 17.4. The Morgan fingerprint density at radius 3 is 2.77 bits per heavy atom. The molecule has 0 unspecified atom stereocenters. The zero-order valence-electron chi connectivity index (χ0n) is 15.8. The van der Waals surface area contributed by atoms with Gasteiger partial charge in [0.1, 0.15) is 5.52 Å². The van der Waals surface area contributed by atoms with Gasteiger partial charge in [0.2, 0.25) is 0 Å². The van der Waals surface area contributed by atoms with Crippen molar-refractivity contribution >= 4 is 16.9 Å². The number of rotatable bonds is 4. The number of hydrogen-bond donors (Lipinski definition) is 0. The van der Waals surface area contributed by atoms with Gasteiger partial charge in [0.05, 0.1) is 11.1 Å². The van der Waals surface area contributed by atoms with Gasteiger partial charge in [-0.25, -0.2) is 0 Å². The van der Waals surface area contributed by atoms with E-state index in [-0.39, 0.29) is 5.91 Å². The molecule has 1 atom stereocenters. The second-order valence-corrected chi connectivity index (χ2v) is 8.08. The number of aromatic nitrogens is 2. The number of benzene rings is 1. The third-order valence-electron chi connectivity index (χ3n) is 5.73. The number of carbonyl (C=O) groups is 1. The molecule has 2 heterocycles. The van der Waals surface area contributed by atoms with Crippen molar-refractivity contribution in [1.29, 1.82) is 0 Å². The molecule has 5 heteroatoms. The Morgan fingerprint density at radius 1 is 1.19 bits per heavy atom. The van der Waals surface area contributed by atoms with Crippen LogP contribution in [0.5, 0.6) is 0 Å². The molecule has 0 bridgehead atoms. The number of nitrogens with zero attached hydrogens (tertiary/aromatic N) is 4. The average Bonchev–Trinajstić information content (AvgIpc) is 3.48. The summed E-state index contributed by atoms with van der Waals surface area (Å²) >= 11 is 0. The molecule has 0 radical (unpaired) electrons. The standard InChI is InChI=1S/C21H28N4O/c1-15(2)19-14-25(12-4-11-24(19)13-16-7-8-16)21(26)17-5-3-6-18-20(17)23-10-9-22-18/h3,5-6,9-10,15-16,19H,4,7-8,11-14H2,1-2H3/t19-/m1/s1. The molecule has 4 rings (SSSR count). The van der Waals surface area contributed by atoms with Crippen LogP contribution in [0.1, 0.15) is 43.5 Å². The van der Waals surface area contributed by atoms with E-state index in [1.54, 1.807) is 12.4 Å². The number of amides is 1. The van der Waals surface area contributed by atoms with E-state index in [9.17, 15) is 4.79 Å². The van der Waals surface area contributed by atoms with Crippen LogP contribution in [-0.2, 0) is 0 Å². The average molecular weight is 352 g/mol. The highest BCUT2D eigenvalue weighted by molar-refractivity contribution is 6.04. The van der Waals surface area contributed by atoms with Crippen molar-refractivity contribution < 1.29 is 4.79 Å². The molecule has 1 aromatic carbocycles. The molecule has 0 N–H and O–H groups in total. The quantitative estimate of drug-likeness (QED) is 0.848. The summed E-state index contributed by atoms with van der Waals surface area (Å²) in [6.45, 7) is 8.48. The van der Waals surface area contributed by atoms with Gasteiger partial charge in [-0.15, -0.1) is 0 Å². The molecule has 1 aromatic heterocycles. The normalized spacial score (nSPS) is 22.0. The van der Waals surface area contributed by atoms with Gasteiger partial charge in [-0.2, -0.15) is 0 Å². The van der Waals surface area contributed by atoms with Crippen molar-refractivity contribution in [3.63, 3.8) is 0 Å². The van der Waals surface area contributed by atoms with Crippen LogP contribution in [0.15, 0.2) is 30.6 Å². The highest BCUT2D eigenvalue weighted by Gasteiger charge is 2.33. The summed E-state index contributed by atoms with van der Waals surface area (Å²) in [4.78, 5) is 26.8. The van der Waals surface area contributed by atoms with Gasteiger partial charge >= 0.3 is 0 Å². The van der Waals surface area contributed by atoms with E-state index < -0.39 is 0 Å². The van der Waals surface area contributed by atoms with E-state index >= 15 is 0 Å². The molecule has 26 heavy (non-hydrogen) atoms. The molecule has 1 amide bonds. The lowest BCUT2D eigenvalue weighted by molar-refractivity contribution is 0.0706. The first-order chi connectivity index (χ1) is 12.6. The summed E-state index contributed by atoms with van der Waals surface area (Å²) in [6, 6.07) is 6.14. The monoisotopic (exact) mass is 352 g/mol. The fourth-order valence-electron chi connectivity index (χ4n) is 4.07. The van der Waals surface area contributed by atoms with Gasteiger partial charge < -0.3 is 4.90 Å². The first-order valence-corrected chi connectivity index (χ1v) is 9.86. The van der Waals surface area contributed by atoms with Gasteiger partial charge in [-0.3, -0.25) is 19.7 Å². The van der Waals surface area contributed by atoms with Gasteiger partial charge in [0, 0.05) is 44.6 Å². The molecule has 1 aliphatic carbocycles. The molecule has 1 saturated carbocycles. The number of carbonyl (C=O) groups excluding carboxylic acids is 1. The second-order valence-electron chi connectivity index (χ2n) is 8.08. The Kier molecular flexibility index (Phi) is 4.90. The summed E-state index contributed by atoms with van der Waals surface area (Å²) in [5.41, 5.74) is 2.16. The lowest BCUT2D eigenvalue weighted by Crippen LogP contribution is -2.46. The van der Waals surface area contributed by atoms with Crippen molar-refractivity contribution in [3.8, 4) is 0 Å².